The Bertz CT molecular complexity index is 853. The predicted octanol–water partition coefficient (Wildman–Crippen LogP) is 5.02. The van der Waals surface area contributed by atoms with Crippen molar-refractivity contribution in [3.8, 4) is 0 Å². The fourth-order valence-corrected chi connectivity index (χ4v) is 4.26. The van der Waals surface area contributed by atoms with Crippen molar-refractivity contribution in [2.24, 2.45) is 0 Å². The van der Waals surface area contributed by atoms with Crippen LogP contribution in [-0.2, 0) is 0 Å². The molecule has 1 aromatic heterocycles. The number of fused-ring (bicyclic) bond motifs is 1. The lowest BCUT2D eigenvalue weighted by Crippen LogP contribution is -2.59. The third kappa shape index (κ3) is 2.60. The fraction of sp³-hybridized carbons (Fsp3) is 0.263. The van der Waals surface area contributed by atoms with Crippen LogP contribution in [0.1, 0.15) is 19.3 Å². The van der Waals surface area contributed by atoms with Crippen molar-refractivity contribution in [3.05, 3.63) is 54.6 Å². The quantitative estimate of drug-likeness (QED) is 0.667. The molecule has 2 amide bonds. The van der Waals surface area contributed by atoms with Gasteiger partial charge in [-0.2, -0.15) is 4.37 Å². The van der Waals surface area contributed by atoms with Gasteiger partial charge in [0.05, 0.1) is 17.8 Å². The van der Waals surface area contributed by atoms with Crippen molar-refractivity contribution < 1.29 is 4.79 Å². The number of hydrogen-bond acceptors (Lipinski definition) is 3. The molecule has 24 heavy (non-hydrogen) atoms. The van der Waals surface area contributed by atoms with Crippen molar-refractivity contribution in [2.75, 3.05) is 18.4 Å². The van der Waals surface area contributed by atoms with Crippen molar-refractivity contribution in [1.29, 1.82) is 0 Å². The van der Waals surface area contributed by atoms with Crippen molar-refractivity contribution in [1.82, 2.24) is 8.86 Å². The van der Waals surface area contributed by atoms with E-state index in [2.05, 4.69) is 21.8 Å². The van der Waals surface area contributed by atoms with Crippen LogP contribution in [0.4, 0.5) is 16.3 Å². The molecule has 4 nitrogen and oxygen atoms in total. The molecule has 0 radical (unpaired) electrons. The van der Waals surface area contributed by atoms with E-state index in [1.807, 2.05) is 42.5 Å². The normalized spacial score (nSPS) is 16.8. The molecule has 0 spiro atoms. The van der Waals surface area contributed by atoms with E-state index < -0.39 is 0 Å². The number of carbonyl (C=O) groups is 1. The van der Waals surface area contributed by atoms with Gasteiger partial charge in [-0.15, -0.1) is 0 Å². The van der Waals surface area contributed by atoms with Gasteiger partial charge in [-0.1, -0.05) is 30.3 Å². The molecule has 2 heterocycles. The number of carbonyl (C=O) groups excluding carboxylic acids is 1. The molecule has 0 atom stereocenters. The SMILES string of the molecule is O=C(Nc1nsc2ccccc12)[N+]1(c2ccccc2)CCCCC1. The number of urea groups is 1. The topological polar surface area (TPSA) is 42.0 Å². The number of anilines is 1. The summed E-state index contributed by atoms with van der Waals surface area (Å²) >= 11 is 1.43. The maximum atomic E-state index is 13.3. The molecule has 1 aliphatic rings. The molecular formula is C19H20N3OS+. The zero-order chi connectivity index (χ0) is 16.4. The van der Waals surface area contributed by atoms with Crippen molar-refractivity contribution in [2.45, 2.75) is 19.3 Å². The van der Waals surface area contributed by atoms with E-state index in [0.29, 0.717) is 10.3 Å². The monoisotopic (exact) mass is 338 g/mol. The number of benzene rings is 2. The first-order valence-corrected chi connectivity index (χ1v) is 9.16. The van der Waals surface area contributed by atoms with Gasteiger partial charge < -0.3 is 0 Å². The third-order valence-electron chi connectivity index (χ3n) is 4.82. The Morgan fingerprint density at radius 2 is 1.67 bits per heavy atom. The Labute approximate surface area is 145 Å². The molecule has 1 aliphatic heterocycles. The van der Waals surface area contributed by atoms with Gasteiger partial charge in [0.15, 0.2) is 5.82 Å². The predicted molar refractivity (Wildman–Crippen MR) is 100 cm³/mol. The van der Waals surface area contributed by atoms with Gasteiger partial charge in [0.2, 0.25) is 0 Å². The Kier molecular flexibility index (Phi) is 4.04. The minimum absolute atomic E-state index is 0.0250. The highest BCUT2D eigenvalue weighted by Gasteiger charge is 2.41. The van der Waals surface area contributed by atoms with Crippen LogP contribution >= 0.6 is 11.5 Å². The van der Waals surface area contributed by atoms with Crippen LogP contribution < -0.4 is 9.80 Å². The molecule has 3 aromatic rings. The number of likely N-dealkylation sites (tertiary alicyclic amines) is 1. The highest BCUT2D eigenvalue weighted by Crippen LogP contribution is 2.32. The van der Waals surface area contributed by atoms with Gasteiger partial charge >= 0.3 is 6.03 Å². The summed E-state index contributed by atoms with van der Waals surface area (Å²) < 4.78 is 5.92. The number of aromatic nitrogens is 1. The smallest absolute Gasteiger partial charge is 0.257 e. The van der Waals surface area contributed by atoms with Crippen LogP contribution in [0, 0.1) is 0 Å². The summed E-state index contributed by atoms with van der Waals surface area (Å²) in [7, 11) is 0. The van der Waals surface area contributed by atoms with E-state index in [-0.39, 0.29) is 6.03 Å². The van der Waals surface area contributed by atoms with Crippen LogP contribution in [0.2, 0.25) is 0 Å². The molecule has 0 aliphatic carbocycles. The standard InChI is InChI=1S/C19H19N3OS/c23-19(20-18-16-11-5-6-12-17(16)24-21-18)22(13-7-2-8-14-22)15-9-3-1-4-10-15/h1,3-6,9-12H,2,7-8,13-14H2/p+1. The number of nitrogens with one attached hydrogen (secondary N) is 1. The van der Waals surface area contributed by atoms with Gasteiger partial charge in [-0.05, 0) is 55.1 Å². The lowest BCUT2D eigenvalue weighted by molar-refractivity contribution is 0.200. The second kappa shape index (κ2) is 6.34. The van der Waals surface area contributed by atoms with Crippen molar-refractivity contribution >= 4 is 39.2 Å². The van der Waals surface area contributed by atoms with Gasteiger partial charge in [0.1, 0.15) is 5.69 Å². The Balaban J connectivity index is 1.69. The van der Waals surface area contributed by atoms with Crippen LogP contribution in [0.3, 0.4) is 0 Å². The molecule has 2 aromatic carbocycles. The second-order valence-electron chi connectivity index (χ2n) is 6.27. The number of amides is 2. The number of quaternary nitrogens is 1. The first-order valence-electron chi connectivity index (χ1n) is 8.38. The van der Waals surface area contributed by atoms with Crippen LogP contribution in [0.25, 0.3) is 10.1 Å². The average Bonchev–Trinajstić information content (AvgIpc) is 3.06. The maximum Gasteiger partial charge on any atom is 0.427 e. The van der Waals surface area contributed by atoms with E-state index in [9.17, 15) is 4.79 Å². The molecule has 0 bridgehead atoms. The average molecular weight is 338 g/mol. The minimum Gasteiger partial charge on any atom is -0.257 e. The second-order valence-corrected chi connectivity index (χ2v) is 7.07. The fourth-order valence-electron chi connectivity index (χ4n) is 3.53. The largest absolute Gasteiger partial charge is 0.427 e. The zero-order valence-corrected chi connectivity index (χ0v) is 14.3. The maximum absolute atomic E-state index is 13.3. The van der Waals surface area contributed by atoms with Gasteiger partial charge in [0, 0.05) is 5.39 Å². The van der Waals surface area contributed by atoms with E-state index in [1.54, 1.807) is 0 Å². The summed E-state index contributed by atoms with van der Waals surface area (Å²) in [5.74, 6) is 0.680. The summed E-state index contributed by atoms with van der Waals surface area (Å²) in [6.45, 7) is 1.69. The molecule has 0 unspecified atom stereocenters. The van der Waals surface area contributed by atoms with Crippen molar-refractivity contribution in [3.63, 3.8) is 0 Å². The van der Waals surface area contributed by atoms with Crippen LogP contribution in [0.15, 0.2) is 54.6 Å². The number of para-hydroxylation sites is 1. The molecular weight excluding hydrogens is 318 g/mol. The first kappa shape index (κ1) is 15.3. The third-order valence-corrected chi connectivity index (χ3v) is 5.65. The minimum atomic E-state index is 0.0250. The molecule has 1 N–H and O–H groups in total. The van der Waals surface area contributed by atoms with E-state index in [0.717, 1.165) is 41.7 Å². The van der Waals surface area contributed by atoms with Gasteiger partial charge in [0.25, 0.3) is 0 Å². The molecule has 0 saturated carbocycles. The summed E-state index contributed by atoms with van der Waals surface area (Å²) in [6.07, 6.45) is 3.33. The summed E-state index contributed by atoms with van der Waals surface area (Å²) in [6, 6.07) is 18.2. The number of rotatable bonds is 2. The van der Waals surface area contributed by atoms with E-state index in [1.165, 1.54) is 18.0 Å². The highest BCUT2D eigenvalue weighted by molar-refractivity contribution is 7.13. The van der Waals surface area contributed by atoms with E-state index >= 15 is 0 Å². The highest BCUT2D eigenvalue weighted by atomic mass is 32.1. The Morgan fingerprint density at radius 3 is 2.46 bits per heavy atom. The van der Waals surface area contributed by atoms with Gasteiger partial charge in [-0.3, -0.25) is 5.32 Å². The van der Waals surface area contributed by atoms with Crippen LogP contribution in [0.5, 0.6) is 0 Å². The Hall–Kier alpha value is -2.24. The number of nitrogens with zero attached hydrogens (tertiary/aromatic N) is 2. The first-order chi connectivity index (χ1) is 11.8. The Morgan fingerprint density at radius 1 is 0.958 bits per heavy atom. The molecule has 4 rings (SSSR count). The summed E-state index contributed by atoms with van der Waals surface area (Å²) in [5, 5.41) is 4.12. The van der Waals surface area contributed by atoms with E-state index in [4.69, 9.17) is 0 Å². The van der Waals surface area contributed by atoms with Crippen LogP contribution in [-0.4, -0.2) is 23.5 Å². The summed E-state index contributed by atoms with van der Waals surface area (Å²) in [5.41, 5.74) is 1.06. The molecule has 1 saturated heterocycles. The number of hydrogen-bond donors (Lipinski definition) is 1. The molecule has 5 heteroatoms. The number of piperidine rings is 1. The lowest BCUT2D eigenvalue weighted by Gasteiger charge is -2.37. The lowest BCUT2D eigenvalue weighted by atomic mass is 10.1. The van der Waals surface area contributed by atoms with Gasteiger partial charge in [-0.25, -0.2) is 9.28 Å². The summed E-state index contributed by atoms with van der Waals surface area (Å²) in [4.78, 5) is 13.3. The zero-order valence-electron chi connectivity index (χ0n) is 13.4. The molecule has 122 valence electrons. The molecule has 1 fully saturated rings.